The first kappa shape index (κ1) is 19.8. The molecule has 3 N–H and O–H groups in total. The van der Waals surface area contributed by atoms with Gasteiger partial charge in [-0.2, -0.15) is 0 Å². The molecule has 0 radical (unpaired) electrons. The van der Waals surface area contributed by atoms with Gasteiger partial charge in [0.25, 0.3) is 0 Å². The number of hydrogen-bond donors (Lipinski definition) is 3. The van der Waals surface area contributed by atoms with Crippen molar-refractivity contribution in [3.05, 3.63) is 83.4 Å². The summed E-state index contributed by atoms with van der Waals surface area (Å²) in [5, 5.41) is 30.7. The van der Waals surface area contributed by atoms with Crippen molar-refractivity contribution in [1.29, 1.82) is 0 Å². The minimum absolute atomic E-state index is 0.132. The van der Waals surface area contributed by atoms with Gasteiger partial charge in [-0.1, -0.05) is 36.4 Å². The third-order valence-corrected chi connectivity index (χ3v) is 4.39. The van der Waals surface area contributed by atoms with Crippen molar-refractivity contribution in [1.82, 2.24) is 0 Å². The SMILES string of the molecule is O=C(OCC1=C[C@H](O)[C@@H](O)[C@H](OC(=O)c2ccccc2)[C@@H]1O)c1ccccc1. The monoisotopic (exact) mass is 384 g/mol. The number of benzene rings is 2. The van der Waals surface area contributed by atoms with E-state index in [0.717, 1.165) is 0 Å². The lowest BCUT2D eigenvalue weighted by Crippen LogP contribution is -2.51. The Morgan fingerprint density at radius 1 is 0.821 bits per heavy atom. The first-order chi connectivity index (χ1) is 13.5. The van der Waals surface area contributed by atoms with Crippen LogP contribution < -0.4 is 0 Å². The second-order valence-corrected chi connectivity index (χ2v) is 6.35. The van der Waals surface area contributed by atoms with Crippen LogP contribution in [0.5, 0.6) is 0 Å². The molecule has 0 saturated heterocycles. The molecule has 28 heavy (non-hydrogen) atoms. The van der Waals surface area contributed by atoms with Gasteiger partial charge in [-0.15, -0.1) is 0 Å². The Balaban J connectivity index is 1.68. The van der Waals surface area contributed by atoms with E-state index in [-0.39, 0.29) is 17.7 Å². The van der Waals surface area contributed by atoms with E-state index >= 15 is 0 Å². The molecule has 0 spiro atoms. The number of aliphatic hydroxyl groups is 3. The first-order valence-corrected chi connectivity index (χ1v) is 8.70. The lowest BCUT2D eigenvalue weighted by Gasteiger charge is -2.34. The zero-order chi connectivity index (χ0) is 20.1. The van der Waals surface area contributed by atoms with E-state index in [1.54, 1.807) is 48.5 Å². The molecule has 0 heterocycles. The summed E-state index contributed by atoms with van der Waals surface area (Å²) in [6, 6.07) is 16.4. The van der Waals surface area contributed by atoms with Crippen molar-refractivity contribution in [2.45, 2.75) is 24.4 Å². The zero-order valence-electron chi connectivity index (χ0n) is 14.8. The first-order valence-electron chi connectivity index (χ1n) is 8.70. The van der Waals surface area contributed by atoms with Gasteiger partial charge in [-0.3, -0.25) is 0 Å². The molecule has 0 unspecified atom stereocenters. The van der Waals surface area contributed by atoms with Gasteiger partial charge in [0.1, 0.15) is 24.9 Å². The lowest BCUT2D eigenvalue weighted by molar-refractivity contribution is -0.103. The molecule has 146 valence electrons. The third kappa shape index (κ3) is 4.45. The van der Waals surface area contributed by atoms with Crippen LogP contribution in [0, 0.1) is 0 Å². The molecule has 7 nitrogen and oxygen atoms in total. The topological polar surface area (TPSA) is 113 Å². The van der Waals surface area contributed by atoms with Gasteiger partial charge < -0.3 is 24.8 Å². The molecular weight excluding hydrogens is 364 g/mol. The van der Waals surface area contributed by atoms with Crippen molar-refractivity contribution >= 4 is 11.9 Å². The quantitative estimate of drug-likeness (QED) is 0.522. The number of aliphatic hydroxyl groups excluding tert-OH is 3. The van der Waals surface area contributed by atoms with E-state index in [1.165, 1.54) is 18.2 Å². The average molecular weight is 384 g/mol. The Bertz CT molecular complexity index is 848. The molecule has 3 rings (SSSR count). The van der Waals surface area contributed by atoms with E-state index in [0.29, 0.717) is 5.56 Å². The summed E-state index contributed by atoms with van der Waals surface area (Å²) < 4.78 is 10.4. The molecule has 0 aromatic heterocycles. The molecule has 0 aliphatic heterocycles. The molecule has 2 aromatic rings. The highest BCUT2D eigenvalue weighted by Crippen LogP contribution is 2.24. The van der Waals surface area contributed by atoms with Gasteiger partial charge in [0, 0.05) is 0 Å². The molecule has 7 heteroatoms. The number of carbonyl (C=O) groups excluding carboxylic acids is 2. The van der Waals surface area contributed by atoms with Crippen LogP contribution in [0.2, 0.25) is 0 Å². The van der Waals surface area contributed by atoms with Gasteiger partial charge >= 0.3 is 11.9 Å². The number of esters is 2. The predicted molar refractivity (Wildman–Crippen MR) is 98.5 cm³/mol. The maximum absolute atomic E-state index is 12.2. The Labute approximate surface area is 161 Å². The summed E-state index contributed by atoms with van der Waals surface area (Å²) in [4.78, 5) is 24.3. The molecule has 0 bridgehead atoms. The zero-order valence-corrected chi connectivity index (χ0v) is 14.8. The van der Waals surface area contributed by atoms with Crippen molar-refractivity contribution in [2.75, 3.05) is 6.61 Å². The Morgan fingerprint density at radius 2 is 1.36 bits per heavy atom. The third-order valence-electron chi connectivity index (χ3n) is 4.39. The van der Waals surface area contributed by atoms with Gasteiger partial charge in [0.05, 0.1) is 11.1 Å². The summed E-state index contributed by atoms with van der Waals surface area (Å²) in [6.07, 6.45) is -4.55. The highest BCUT2D eigenvalue weighted by molar-refractivity contribution is 5.90. The van der Waals surface area contributed by atoms with Crippen molar-refractivity contribution in [2.24, 2.45) is 0 Å². The molecule has 0 fully saturated rings. The molecule has 4 atom stereocenters. The summed E-state index contributed by atoms with van der Waals surface area (Å²) in [5.74, 6) is -1.36. The fourth-order valence-corrected chi connectivity index (χ4v) is 2.85. The summed E-state index contributed by atoms with van der Waals surface area (Å²) in [7, 11) is 0. The molecule has 2 aromatic carbocycles. The van der Waals surface area contributed by atoms with E-state index in [9.17, 15) is 24.9 Å². The average Bonchev–Trinajstić information content (AvgIpc) is 2.73. The lowest BCUT2D eigenvalue weighted by atomic mass is 9.89. The maximum atomic E-state index is 12.2. The fraction of sp³-hybridized carbons (Fsp3) is 0.238. The van der Waals surface area contributed by atoms with Crippen molar-refractivity contribution in [3.8, 4) is 0 Å². The van der Waals surface area contributed by atoms with Crippen LogP contribution in [0.1, 0.15) is 20.7 Å². The number of hydrogen-bond acceptors (Lipinski definition) is 7. The second-order valence-electron chi connectivity index (χ2n) is 6.35. The Morgan fingerprint density at radius 3 is 1.93 bits per heavy atom. The minimum Gasteiger partial charge on any atom is -0.457 e. The fourth-order valence-electron chi connectivity index (χ4n) is 2.85. The normalized spacial score (nSPS) is 24.2. The molecule has 1 aliphatic rings. The standard InChI is InChI=1S/C21H20O7/c22-16-11-15(12-27-20(25)13-7-3-1-4-8-13)17(23)19(18(16)24)28-21(26)14-9-5-2-6-10-14/h1-11,16-19,22-24H,12H2/t16-,17+,18+,19+/m0/s1. The highest BCUT2D eigenvalue weighted by Gasteiger charge is 2.41. The summed E-state index contributed by atoms with van der Waals surface area (Å²) in [5.41, 5.74) is 0.706. The van der Waals surface area contributed by atoms with E-state index in [4.69, 9.17) is 9.47 Å². The van der Waals surface area contributed by atoms with Crippen LogP contribution >= 0.6 is 0 Å². The number of ether oxygens (including phenoxy) is 2. The van der Waals surface area contributed by atoms with Crippen molar-refractivity contribution < 1.29 is 34.4 Å². The minimum atomic E-state index is -1.52. The van der Waals surface area contributed by atoms with Crippen LogP contribution in [0.3, 0.4) is 0 Å². The predicted octanol–water partition coefficient (Wildman–Crippen LogP) is 1.09. The van der Waals surface area contributed by atoms with Gasteiger partial charge in [0.2, 0.25) is 0 Å². The van der Waals surface area contributed by atoms with Crippen LogP contribution in [0.15, 0.2) is 72.3 Å². The van der Waals surface area contributed by atoms with Crippen LogP contribution in [-0.4, -0.2) is 58.3 Å². The van der Waals surface area contributed by atoms with E-state index in [2.05, 4.69) is 0 Å². The summed E-state index contributed by atoms with van der Waals surface area (Å²) >= 11 is 0. The Kier molecular flexibility index (Phi) is 6.20. The van der Waals surface area contributed by atoms with Gasteiger partial charge in [-0.25, -0.2) is 9.59 Å². The molecule has 0 amide bonds. The summed E-state index contributed by atoms with van der Waals surface area (Å²) in [6.45, 7) is -0.321. The molecule has 1 aliphatic carbocycles. The molecule has 0 saturated carbocycles. The highest BCUT2D eigenvalue weighted by atomic mass is 16.6. The van der Waals surface area contributed by atoms with Gasteiger partial charge in [0.15, 0.2) is 6.10 Å². The van der Waals surface area contributed by atoms with Crippen LogP contribution in [0.4, 0.5) is 0 Å². The van der Waals surface area contributed by atoms with Crippen LogP contribution in [-0.2, 0) is 9.47 Å². The number of carbonyl (C=O) groups is 2. The second kappa shape index (κ2) is 8.79. The van der Waals surface area contributed by atoms with E-state index < -0.39 is 36.4 Å². The van der Waals surface area contributed by atoms with Crippen molar-refractivity contribution in [3.63, 3.8) is 0 Å². The largest absolute Gasteiger partial charge is 0.457 e. The number of rotatable bonds is 5. The van der Waals surface area contributed by atoms with Gasteiger partial charge in [-0.05, 0) is 35.9 Å². The smallest absolute Gasteiger partial charge is 0.338 e. The van der Waals surface area contributed by atoms with Crippen LogP contribution in [0.25, 0.3) is 0 Å². The van der Waals surface area contributed by atoms with E-state index in [1.807, 2.05) is 0 Å². The maximum Gasteiger partial charge on any atom is 0.338 e. The Hall–Kier alpha value is -3.00. The molecular formula is C21H20O7.